The fourth-order valence-electron chi connectivity index (χ4n) is 1.99. The van der Waals surface area contributed by atoms with Crippen LogP contribution in [0.25, 0.3) is 0 Å². The number of rotatable bonds is 6. The molecule has 0 heterocycles. The van der Waals surface area contributed by atoms with Crippen molar-refractivity contribution in [2.24, 2.45) is 0 Å². The zero-order chi connectivity index (χ0) is 18.4. The first-order valence-corrected chi connectivity index (χ1v) is 7.19. The van der Waals surface area contributed by atoms with Crippen molar-refractivity contribution in [3.8, 4) is 11.5 Å². The fourth-order valence-corrected chi connectivity index (χ4v) is 1.99. The van der Waals surface area contributed by atoms with Gasteiger partial charge in [-0.3, -0.25) is 9.59 Å². The summed E-state index contributed by atoms with van der Waals surface area (Å²) in [6.07, 6.45) is 0. The topological polar surface area (TPSA) is 76.7 Å². The van der Waals surface area contributed by atoms with Gasteiger partial charge in [0.05, 0.1) is 26.5 Å². The van der Waals surface area contributed by atoms with Gasteiger partial charge >= 0.3 is 0 Å². The molecule has 0 saturated carbocycles. The molecule has 2 N–H and O–H groups in total. The highest BCUT2D eigenvalue weighted by Gasteiger charge is 2.13. The largest absolute Gasteiger partial charge is 0.497 e. The van der Waals surface area contributed by atoms with E-state index < -0.39 is 30.0 Å². The van der Waals surface area contributed by atoms with Crippen LogP contribution in [0.4, 0.5) is 14.5 Å². The number of carbonyl (C=O) groups excluding carboxylic acids is 2. The van der Waals surface area contributed by atoms with Crippen molar-refractivity contribution in [3.05, 3.63) is 53.6 Å². The van der Waals surface area contributed by atoms with Crippen molar-refractivity contribution in [1.29, 1.82) is 0 Å². The van der Waals surface area contributed by atoms with Crippen molar-refractivity contribution in [1.82, 2.24) is 5.32 Å². The Morgan fingerprint density at radius 2 is 1.64 bits per heavy atom. The molecule has 0 bridgehead atoms. The van der Waals surface area contributed by atoms with Gasteiger partial charge in [-0.05, 0) is 24.3 Å². The van der Waals surface area contributed by atoms with Gasteiger partial charge in [0, 0.05) is 17.7 Å². The summed E-state index contributed by atoms with van der Waals surface area (Å²) in [6, 6.07) is 7.32. The Morgan fingerprint density at radius 1 is 1.00 bits per heavy atom. The third-order valence-electron chi connectivity index (χ3n) is 3.23. The molecule has 132 valence electrons. The summed E-state index contributed by atoms with van der Waals surface area (Å²) in [5.74, 6) is -2.02. The maximum atomic E-state index is 13.5. The fraction of sp³-hybridized carbons (Fsp3) is 0.176. The van der Waals surface area contributed by atoms with Gasteiger partial charge in [-0.2, -0.15) is 0 Å². The molecule has 6 nitrogen and oxygen atoms in total. The third kappa shape index (κ3) is 4.90. The van der Waals surface area contributed by atoms with Crippen molar-refractivity contribution in [2.75, 3.05) is 26.1 Å². The highest BCUT2D eigenvalue weighted by atomic mass is 19.1. The van der Waals surface area contributed by atoms with Gasteiger partial charge in [-0.15, -0.1) is 0 Å². The molecule has 2 rings (SSSR count). The molecule has 0 aromatic heterocycles. The number of methoxy groups -OCH3 is 2. The van der Waals surface area contributed by atoms with E-state index in [2.05, 4.69) is 10.6 Å². The molecule has 2 aromatic carbocycles. The van der Waals surface area contributed by atoms with Gasteiger partial charge in [-0.25, -0.2) is 8.78 Å². The molecule has 0 unspecified atom stereocenters. The van der Waals surface area contributed by atoms with Crippen molar-refractivity contribution in [2.45, 2.75) is 0 Å². The monoisotopic (exact) mass is 350 g/mol. The molecule has 2 aromatic rings. The van der Waals surface area contributed by atoms with Crippen LogP contribution in [-0.2, 0) is 4.79 Å². The van der Waals surface area contributed by atoms with Crippen LogP contribution in [0.2, 0.25) is 0 Å². The van der Waals surface area contributed by atoms with Crippen molar-refractivity contribution >= 4 is 17.5 Å². The zero-order valence-corrected chi connectivity index (χ0v) is 13.6. The molecular weight excluding hydrogens is 334 g/mol. The maximum Gasteiger partial charge on any atom is 0.251 e. The van der Waals surface area contributed by atoms with Gasteiger partial charge in [0.25, 0.3) is 5.91 Å². The lowest BCUT2D eigenvalue weighted by molar-refractivity contribution is -0.115. The second-order valence-corrected chi connectivity index (χ2v) is 4.96. The summed E-state index contributed by atoms with van der Waals surface area (Å²) in [6.45, 7) is -0.394. The Hall–Kier alpha value is -3.16. The van der Waals surface area contributed by atoms with E-state index in [4.69, 9.17) is 9.47 Å². The van der Waals surface area contributed by atoms with Crippen LogP contribution in [-0.4, -0.2) is 32.6 Å². The van der Waals surface area contributed by atoms with Crippen LogP contribution < -0.4 is 20.1 Å². The first kappa shape index (κ1) is 18.2. The highest BCUT2D eigenvalue weighted by molar-refractivity contribution is 5.99. The maximum absolute atomic E-state index is 13.5. The van der Waals surface area contributed by atoms with Gasteiger partial charge in [-0.1, -0.05) is 0 Å². The summed E-state index contributed by atoms with van der Waals surface area (Å²) >= 11 is 0. The van der Waals surface area contributed by atoms with Crippen LogP contribution in [0.1, 0.15) is 10.4 Å². The first-order chi connectivity index (χ1) is 11.9. The Bertz CT molecular complexity index is 774. The smallest absolute Gasteiger partial charge is 0.251 e. The Morgan fingerprint density at radius 3 is 2.20 bits per heavy atom. The predicted octanol–water partition coefficient (Wildman–Crippen LogP) is 2.35. The average Bonchev–Trinajstić information content (AvgIpc) is 2.61. The molecule has 2 amide bonds. The molecule has 0 atom stereocenters. The highest BCUT2D eigenvalue weighted by Crippen LogP contribution is 2.22. The van der Waals surface area contributed by atoms with E-state index in [0.717, 1.165) is 12.1 Å². The molecule has 0 saturated heterocycles. The molecular formula is C17H16F2N2O4. The van der Waals surface area contributed by atoms with E-state index in [1.807, 2.05) is 0 Å². The van der Waals surface area contributed by atoms with E-state index >= 15 is 0 Å². The minimum absolute atomic E-state index is 0.177. The average molecular weight is 350 g/mol. The van der Waals surface area contributed by atoms with Crippen molar-refractivity contribution in [3.63, 3.8) is 0 Å². The van der Waals surface area contributed by atoms with Crippen LogP contribution >= 0.6 is 0 Å². The number of benzene rings is 2. The van der Waals surface area contributed by atoms with E-state index in [0.29, 0.717) is 17.6 Å². The minimum atomic E-state index is -0.905. The van der Waals surface area contributed by atoms with Gasteiger partial charge in [0.15, 0.2) is 0 Å². The van der Waals surface area contributed by atoms with Gasteiger partial charge in [0.2, 0.25) is 5.91 Å². The number of ether oxygens (including phenoxy) is 2. The van der Waals surface area contributed by atoms with Crippen LogP contribution in [0.15, 0.2) is 36.4 Å². The second kappa shape index (κ2) is 8.09. The summed E-state index contributed by atoms with van der Waals surface area (Å²) in [4.78, 5) is 23.9. The van der Waals surface area contributed by atoms with E-state index in [1.165, 1.54) is 26.4 Å². The van der Waals surface area contributed by atoms with Crippen LogP contribution in [0, 0.1) is 11.6 Å². The number of anilines is 1. The third-order valence-corrected chi connectivity index (χ3v) is 3.23. The zero-order valence-electron chi connectivity index (χ0n) is 13.6. The standard InChI is InChI=1S/C17H16F2N2O4/c1-24-12-5-10(6-13(8-12)25-2)17(23)20-9-16(22)21-15-4-3-11(18)7-14(15)19/h3-8H,9H2,1-2H3,(H,20,23)(H,21,22). The van der Waals surface area contributed by atoms with Crippen LogP contribution in [0.5, 0.6) is 11.5 Å². The number of nitrogens with one attached hydrogen (secondary N) is 2. The molecule has 0 aliphatic rings. The van der Waals surface area contributed by atoms with Gasteiger partial charge < -0.3 is 20.1 Å². The lowest BCUT2D eigenvalue weighted by Crippen LogP contribution is -2.33. The molecule has 0 fully saturated rings. The molecule has 8 heteroatoms. The number of hydrogen-bond donors (Lipinski definition) is 2. The predicted molar refractivity (Wildman–Crippen MR) is 86.9 cm³/mol. The number of carbonyl (C=O) groups is 2. The lowest BCUT2D eigenvalue weighted by Gasteiger charge is -2.10. The Kier molecular flexibility index (Phi) is 5.89. The molecule has 0 aliphatic heterocycles. The van der Waals surface area contributed by atoms with Gasteiger partial charge in [0.1, 0.15) is 23.1 Å². The van der Waals surface area contributed by atoms with E-state index in [1.54, 1.807) is 6.07 Å². The Labute approximate surface area is 142 Å². The van der Waals surface area contributed by atoms with E-state index in [-0.39, 0.29) is 11.3 Å². The Balaban J connectivity index is 1.98. The first-order valence-electron chi connectivity index (χ1n) is 7.19. The lowest BCUT2D eigenvalue weighted by atomic mass is 10.2. The van der Waals surface area contributed by atoms with Crippen molar-refractivity contribution < 1.29 is 27.8 Å². The normalized spacial score (nSPS) is 10.1. The molecule has 0 aliphatic carbocycles. The van der Waals surface area contributed by atoms with E-state index in [9.17, 15) is 18.4 Å². The molecule has 0 radical (unpaired) electrons. The van der Waals surface area contributed by atoms with Crippen LogP contribution in [0.3, 0.4) is 0 Å². The number of halogens is 2. The summed E-state index contributed by atoms with van der Waals surface area (Å²) in [5, 5.41) is 4.64. The molecule has 25 heavy (non-hydrogen) atoms. The number of hydrogen-bond acceptors (Lipinski definition) is 4. The summed E-state index contributed by atoms with van der Waals surface area (Å²) < 4.78 is 36.4. The molecule has 0 spiro atoms. The quantitative estimate of drug-likeness (QED) is 0.838. The number of amides is 2. The summed E-state index contributed by atoms with van der Waals surface area (Å²) in [7, 11) is 2.89. The summed E-state index contributed by atoms with van der Waals surface area (Å²) in [5.41, 5.74) is 0.0562. The minimum Gasteiger partial charge on any atom is -0.497 e. The SMILES string of the molecule is COc1cc(OC)cc(C(=O)NCC(=O)Nc2ccc(F)cc2F)c1. The second-order valence-electron chi connectivity index (χ2n) is 4.96.